The second-order valence-electron chi connectivity index (χ2n) is 6.85. The molecule has 0 saturated heterocycles. The highest BCUT2D eigenvalue weighted by molar-refractivity contribution is 5.76. The molecule has 0 radical (unpaired) electrons. The zero-order valence-electron chi connectivity index (χ0n) is 17.1. The summed E-state index contributed by atoms with van der Waals surface area (Å²) in [5, 5.41) is 11.0. The lowest BCUT2D eigenvalue weighted by molar-refractivity contribution is -0.121. The number of aromatic amines is 1. The first-order chi connectivity index (χ1) is 14.7. The molecule has 7 nitrogen and oxygen atoms in total. The van der Waals surface area contributed by atoms with Crippen molar-refractivity contribution in [2.75, 3.05) is 13.2 Å². The van der Waals surface area contributed by atoms with E-state index in [1.54, 1.807) is 6.07 Å². The van der Waals surface area contributed by atoms with Crippen LogP contribution in [0.5, 0.6) is 5.75 Å². The van der Waals surface area contributed by atoms with Crippen molar-refractivity contribution in [2.45, 2.75) is 32.6 Å². The first-order valence-electron chi connectivity index (χ1n) is 10.2. The number of hydrogen-bond acceptors (Lipinski definition) is 5. The molecule has 3 aromatic rings. The van der Waals surface area contributed by atoms with Crippen molar-refractivity contribution < 1.29 is 9.53 Å². The van der Waals surface area contributed by atoms with Crippen molar-refractivity contribution in [1.82, 2.24) is 20.5 Å². The second kappa shape index (κ2) is 10.9. The van der Waals surface area contributed by atoms with Gasteiger partial charge in [-0.2, -0.15) is 0 Å². The molecule has 2 aromatic carbocycles. The second-order valence-corrected chi connectivity index (χ2v) is 6.85. The number of carbonyl (C=O) groups is 1. The Labute approximate surface area is 175 Å². The molecule has 0 bridgehead atoms. The Morgan fingerprint density at radius 2 is 1.90 bits per heavy atom. The van der Waals surface area contributed by atoms with Gasteiger partial charge >= 0.3 is 0 Å². The summed E-state index contributed by atoms with van der Waals surface area (Å²) in [7, 11) is 0. The van der Waals surface area contributed by atoms with Crippen LogP contribution in [0.4, 0.5) is 0 Å². The Kier molecular flexibility index (Phi) is 7.71. The molecule has 1 aromatic heterocycles. The molecule has 7 heteroatoms. The quantitative estimate of drug-likeness (QED) is 0.505. The van der Waals surface area contributed by atoms with E-state index in [1.165, 1.54) is 5.56 Å². The maximum atomic E-state index is 12.3. The highest BCUT2D eigenvalue weighted by Crippen LogP contribution is 2.19. The number of H-pyrrole nitrogens is 1. The van der Waals surface area contributed by atoms with E-state index in [9.17, 15) is 9.59 Å². The predicted molar refractivity (Wildman–Crippen MR) is 115 cm³/mol. The number of ether oxygens (including phenoxy) is 1. The van der Waals surface area contributed by atoms with Gasteiger partial charge in [0, 0.05) is 24.9 Å². The van der Waals surface area contributed by atoms with Gasteiger partial charge in [0.15, 0.2) is 5.82 Å². The number of benzene rings is 2. The molecule has 1 amide bonds. The van der Waals surface area contributed by atoms with Gasteiger partial charge in [0.25, 0.3) is 5.56 Å². The fourth-order valence-electron chi connectivity index (χ4n) is 3.04. The fourth-order valence-corrected chi connectivity index (χ4v) is 3.04. The monoisotopic (exact) mass is 406 g/mol. The van der Waals surface area contributed by atoms with Crippen molar-refractivity contribution >= 4 is 5.91 Å². The average molecular weight is 406 g/mol. The molecule has 0 spiro atoms. The fraction of sp³-hybridized carbons (Fsp3) is 0.304. The van der Waals surface area contributed by atoms with E-state index in [2.05, 4.69) is 32.6 Å². The topological polar surface area (TPSA) is 97.0 Å². The highest BCUT2D eigenvalue weighted by Gasteiger charge is 2.10. The van der Waals surface area contributed by atoms with E-state index in [4.69, 9.17) is 4.74 Å². The van der Waals surface area contributed by atoms with Crippen LogP contribution < -0.4 is 15.6 Å². The minimum Gasteiger partial charge on any atom is -0.494 e. The third-order valence-electron chi connectivity index (χ3n) is 4.58. The zero-order chi connectivity index (χ0) is 21.2. The number of carbonyl (C=O) groups excluding carboxylic acids is 1. The summed E-state index contributed by atoms with van der Waals surface area (Å²) in [4.78, 5) is 27.1. The normalized spacial score (nSPS) is 10.6. The standard InChI is InChI=1S/C23H26N4O3/c1-2-30-19-12-6-11-18(16-19)22-25-23(29)20(26-27-22)13-14-21(28)24-15-7-10-17-8-4-3-5-9-17/h3-6,8-9,11-12,16H,2,7,10,13-15H2,1H3,(H,24,28)(H,25,27,29). The SMILES string of the molecule is CCOc1cccc(-c2nnc(CCC(=O)NCCCc3ccccc3)c(=O)[nH]2)c1. The Bertz CT molecular complexity index is 1020. The molecule has 0 aliphatic heterocycles. The van der Waals surface area contributed by atoms with Crippen LogP contribution >= 0.6 is 0 Å². The van der Waals surface area contributed by atoms with Crippen LogP contribution in [0, 0.1) is 0 Å². The van der Waals surface area contributed by atoms with Crippen LogP contribution in [0.3, 0.4) is 0 Å². The minimum atomic E-state index is -0.335. The molecule has 1 heterocycles. The van der Waals surface area contributed by atoms with Gasteiger partial charge in [0.1, 0.15) is 11.4 Å². The lowest BCUT2D eigenvalue weighted by Crippen LogP contribution is -2.26. The van der Waals surface area contributed by atoms with E-state index < -0.39 is 0 Å². The van der Waals surface area contributed by atoms with Gasteiger partial charge in [-0.15, -0.1) is 10.2 Å². The number of aryl methyl sites for hydroxylation is 2. The lowest BCUT2D eigenvalue weighted by Gasteiger charge is -2.06. The molecule has 156 valence electrons. The van der Waals surface area contributed by atoms with Gasteiger partial charge in [-0.25, -0.2) is 0 Å². The molecule has 2 N–H and O–H groups in total. The maximum absolute atomic E-state index is 12.3. The zero-order valence-corrected chi connectivity index (χ0v) is 17.1. The number of aromatic nitrogens is 3. The molecule has 0 aliphatic rings. The minimum absolute atomic E-state index is 0.0993. The Morgan fingerprint density at radius 1 is 1.07 bits per heavy atom. The van der Waals surface area contributed by atoms with Crippen LogP contribution in [-0.4, -0.2) is 34.2 Å². The molecule has 0 saturated carbocycles. The van der Waals surface area contributed by atoms with E-state index in [0.717, 1.165) is 12.8 Å². The molecular formula is C23H26N4O3. The molecule has 0 fully saturated rings. The highest BCUT2D eigenvalue weighted by atomic mass is 16.5. The number of rotatable bonds is 10. The van der Waals surface area contributed by atoms with Gasteiger partial charge in [-0.3, -0.25) is 9.59 Å². The van der Waals surface area contributed by atoms with Crippen LogP contribution in [0.2, 0.25) is 0 Å². The van der Waals surface area contributed by atoms with E-state index in [-0.39, 0.29) is 30.0 Å². The molecular weight excluding hydrogens is 380 g/mol. The van der Waals surface area contributed by atoms with Crippen LogP contribution in [0.15, 0.2) is 59.4 Å². The van der Waals surface area contributed by atoms with Crippen LogP contribution in [0.25, 0.3) is 11.4 Å². The summed E-state index contributed by atoms with van der Waals surface area (Å²) in [5.41, 5.74) is 1.88. The van der Waals surface area contributed by atoms with Crippen LogP contribution in [0.1, 0.15) is 31.0 Å². The van der Waals surface area contributed by atoms with Crippen molar-refractivity contribution in [3.05, 3.63) is 76.2 Å². The molecule has 3 rings (SSSR count). The van der Waals surface area contributed by atoms with Gasteiger partial charge in [0.2, 0.25) is 5.91 Å². The van der Waals surface area contributed by atoms with E-state index >= 15 is 0 Å². The van der Waals surface area contributed by atoms with Crippen molar-refractivity contribution in [2.24, 2.45) is 0 Å². The predicted octanol–water partition coefficient (Wildman–Crippen LogP) is 2.91. The van der Waals surface area contributed by atoms with E-state index in [0.29, 0.717) is 30.3 Å². The summed E-state index contributed by atoms with van der Waals surface area (Å²) in [6, 6.07) is 17.4. The van der Waals surface area contributed by atoms with Gasteiger partial charge in [0.05, 0.1) is 6.61 Å². The summed E-state index contributed by atoms with van der Waals surface area (Å²) >= 11 is 0. The van der Waals surface area contributed by atoms with Crippen molar-refractivity contribution in [3.8, 4) is 17.1 Å². The number of amides is 1. The summed E-state index contributed by atoms with van der Waals surface area (Å²) in [5.74, 6) is 0.971. The first kappa shape index (κ1) is 21.2. The Hall–Kier alpha value is -3.48. The van der Waals surface area contributed by atoms with Crippen molar-refractivity contribution in [1.29, 1.82) is 0 Å². The molecule has 0 unspecified atom stereocenters. The summed E-state index contributed by atoms with van der Waals surface area (Å²) in [6.45, 7) is 3.06. The first-order valence-corrected chi connectivity index (χ1v) is 10.2. The average Bonchev–Trinajstić information content (AvgIpc) is 2.77. The number of nitrogens with one attached hydrogen (secondary N) is 2. The third-order valence-corrected chi connectivity index (χ3v) is 4.58. The van der Waals surface area contributed by atoms with E-state index in [1.807, 2.05) is 43.3 Å². The summed E-state index contributed by atoms with van der Waals surface area (Å²) in [6.07, 6.45) is 2.22. The smallest absolute Gasteiger partial charge is 0.273 e. The Morgan fingerprint density at radius 3 is 2.67 bits per heavy atom. The van der Waals surface area contributed by atoms with Gasteiger partial charge in [-0.05, 0) is 37.5 Å². The van der Waals surface area contributed by atoms with Gasteiger partial charge < -0.3 is 15.0 Å². The molecule has 0 atom stereocenters. The van der Waals surface area contributed by atoms with Crippen LogP contribution in [-0.2, 0) is 17.6 Å². The number of nitrogens with zero attached hydrogens (tertiary/aromatic N) is 2. The number of hydrogen-bond donors (Lipinski definition) is 2. The lowest BCUT2D eigenvalue weighted by atomic mass is 10.1. The molecule has 30 heavy (non-hydrogen) atoms. The van der Waals surface area contributed by atoms with Crippen molar-refractivity contribution in [3.63, 3.8) is 0 Å². The summed E-state index contributed by atoms with van der Waals surface area (Å²) < 4.78 is 5.47. The maximum Gasteiger partial charge on any atom is 0.273 e. The molecule has 0 aliphatic carbocycles. The Balaban J connectivity index is 1.48. The van der Waals surface area contributed by atoms with Gasteiger partial charge in [-0.1, -0.05) is 42.5 Å². The third kappa shape index (κ3) is 6.27. The largest absolute Gasteiger partial charge is 0.494 e.